The van der Waals surface area contributed by atoms with Crippen molar-refractivity contribution in [1.82, 2.24) is 20.2 Å². The first kappa shape index (κ1) is 16.5. The zero-order chi connectivity index (χ0) is 17.9. The van der Waals surface area contributed by atoms with Gasteiger partial charge in [0.15, 0.2) is 0 Å². The normalized spacial score (nSPS) is 19.8. The SMILES string of the molecule is O=C1NC(CC(=O)N2CCC(Oc3ncccn3)CC2)c2ccccc21. The standard InChI is InChI=1S/C19H20N4O3/c24-17(12-16-14-4-1-2-5-15(14)18(25)22-16)23-10-6-13(7-11-23)26-19-20-8-3-9-21-19/h1-5,8-9,13,16H,6-7,10-12H2,(H,22,25). The molecule has 0 spiro atoms. The summed E-state index contributed by atoms with van der Waals surface area (Å²) in [7, 11) is 0. The van der Waals surface area contributed by atoms with Gasteiger partial charge in [-0.1, -0.05) is 18.2 Å². The number of rotatable bonds is 4. The van der Waals surface area contributed by atoms with Gasteiger partial charge < -0.3 is 15.0 Å². The Morgan fingerprint density at radius 1 is 1.15 bits per heavy atom. The van der Waals surface area contributed by atoms with Crippen LogP contribution in [0.4, 0.5) is 0 Å². The van der Waals surface area contributed by atoms with E-state index >= 15 is 0 Å². The number of piperidine rings is 1. The van der Waals surface area contributed by atoms with Gasteiger partial charge >= 0.3 is 6.01 Å². The predicted molar refractivity (Wildman–Crippen MR) is 93.5 cm³/mol. The van der Waals surface area contributed by atoms with Crippen LogP contribution >= 0.6 is 0 Å². The molecule has 1 atom stereocenters. The number of aromatic nitrogens is 2. The molecular formula is C19H20N4O3. The number of hydrogen-bond donors (Lipinski definition) is 1. The summed E-state index contributed by atoms with van der Waals surface area (Å²) in [5.74, 6) is -0.0465. The zero-order valence-corrected chi connectivity index (χ0v) is 14.3. The number of carbonyl (C=O) groups is 2. The molecule has 26 heavy (non-hydrogen) atoms. The van der Waals surface area contributed by atoms with E-state index in [1.165, 1.54) is 0 Å². The molecule has 1 saturated heterocycles. The molecule has 3 heterocycles. The van der Waals surface area contributed by atoms with Gasteiger partial charge in [0.05, 0.1) is 12.5 Å². The van der Waals surface area contributed by atoms with Crippen molar-refractivity contribution in [3.05, 3.63) is 53.9 Å². The van der Waals surface area contributed by atoms with Gasteiger partial charge in [-0.15, -0.1) is 0 Å². The van der Waals surface area contributed by atoms with Crippen LogP contribution in [-0.4, -0.2) is 45.9 Å². The molecule has 1 N–H and O–H groups in total. The number of ether oxygens (including phenoxy) is 1. The van der Waals surface area contributed by atoms with Crippen LogP contribution in [0, 0.1) is 0 Å². The van der Waals surface area contributed by atoms with Crippen LogP contribution < -0.4 is 10.1 Å². The van der Waals surface area contributed by atoms with E-state index in [1.54, 1.807) is 24.5 Å². The Labute approximate surface area is 151 Å². The molecule has 1 aromatic heterocycles. The van der Waals surface area contributed by atoms with Gasteiger partial charge in [0.25, 0.3) is 5.91 Å². The Morgan fingerprint density at radius 3 is 2.65 bits per heavy atom. The molecule has 2 amide bonds. The molecule has 2 aliphatic rings. The summed E-state index contributed by atoms with van der Waals surface area (Å²) < 4.78 is 5.76. The highest BCUT2D eigenvalue weighted by Crippen LogP contribution is 2.28. The molecular weight excluding hydrogens is 332 g/mol. The summed E-state index contributed by atoms with van der Waals surface area (Å²) in [5, 5.41) is 2.90. The van der Waals surface area contributed by atoms with Gasteiger partial charge in [-0.2, -0.15) is 0 Å². The summed E-state index contributed by atoms with van der Waals surface area (Å²) >= 11 is 0. The lowest BCUT2D eigenvalue weighted by Gasteiger charge is -2.32. The third kappa shape index (κ3) is 3.37. The van der Waals surface area contributed by atoms with Crippen LogP contribution in [0.5, 0.6) is 6.01 Å². The van der Waals surface area contributed by atoms with Crippen LogP contribution in [0.3, 0.4) is 0 Å². The van der Waals surface area contributed by atoms with E-state index in [1.807, 2.05) is 23.1 Å². The minimum Gasteiger partial charge on any atom is -0.460 e. The Hall–Kier alpha value is -2.96. The lowest BCUT2D eigenvalue weighted by atomic mass is 10.0. The number of amides is 2. The van der Waals surface area contributed by atoms with Crippen molar-refractivity contribution >= 4 is 11.8 Å². The first-order chi connectivity index (χ1) is 12.7. The molecule has 7 heteroatoms. The molecule has 2 aromatic rings. The van der Waals surface area contributed by atoms with E-state index in [2.05, 4.69) is 15.3 Å². The molecule has 1 unspecified atom stereocenters. The quantitative estimate of drug-likeness (QED) is 0.906. The van der Waals surface area contributed by atoms with Crippen molar-refractivity contribution < 1.29 is 14.3 Å². The van der Waals surface area contributed by atoms with Crippen molar-refractivity contribution in [3.63, 3.8) is 0 Å². The number of benzene rings is 1. The lowest BCUT2D eigenvalue weighted by molar-refractivity contribution is -0.133. The number of hydrogen-bond acceptors (Lipinski definition) is 5. The van der Waals surface area contributed by atoms with E-state index in [0.29, 0.717) is 24.7 Å². The average molecular weight is 352 g/mol. The Bertz CT molecular complexity index is 803. The van der Waals surface area contributed by atoms with Gasteiger partial charge in [-0.25, -0.2) is 9.97 Å². The summed E-state index contributed by atoms with van der Waals surface area (Å²) in [5.41, 5.74) is 1.57. The number of fused-ring (bicyclic) bond motifs is 1. The second kappa shape index (κ2) is 7.11. The van der Waals surface area contributed by atoms with E-state index in [4.69, 9.17) is 4.74 Å². The highest BCUT2D eigenvalue weighted by atomic mass is 16.5. The zero-order valence-electron chi connectivity index (χ0n) is 14.3. The van der Waals surface area contributed by atoms with Crippen LogP contribution in [0.1, 0.15) is 41.2 Å². The molecule has 1 aromatic carbocycles. The van der Waals surface area contributed by atoms with Crippen molar-refractivity contribution in [2.24, 2.45) is 0 Å². The van der Waals surface area contributed by atoms with Gasteiger partial charge in [0.2, 0.25) is 5.91 Å². The Balaban J connectivity index is 1.31. The molecule has 0 aliphatic carbocycles. The first-order valence-electron chi connectivity index (χ1n) is 8.82. The van der Waals surface area contributed by atoms with E-state index in [9.17, 15) is 9.59 Å². The maximum Gasteiger partial charge on any atom is 0.316 e. The third-order valence-electron chi connectivity index (χ3n) is 4.87. The minimum atomic E-state index is -0.238. The highest BCUT2D eigenvalue weighted by Gasteiger charge is 2.32. The van der Waals surface area contributed by atoms with E-state index in [-0.39, 0.29) is 30.4 Å². The lowest BCUT2D eigenvalue weighted by Crippen LogP contribution is -2.42. The molecule has 0 bridgehead atoms. The molecule has 7 nitrogen and oxygen atoms in total. The fourth-order valence-electron chi connectivity index (χ4n) is 3.50. The van der Waals surface area contributed by atoms with Crippen LogP contribution in [0.2, 0.25) is 0 Å². The first-order valence-corrected chi connectivity index (χ1v) is 8.82. The number of likely N-dealkylation sites (tertiary alicyclic amines) is 1. The fourth-order valence-corrected chi connectivity index (χ4v) is 3.50. The smallest absolute Gasteiger partial charge is 0.316 e. The van der Waals surface area contributed by atoms with Crippen molar-refractivity contribution in [2.45, 2.75) is 31.4 Å². The predicted octanol–water partition coefficient (Wildman–Crippen LogP) is 1.72. The van der Waals surface area contributed by atoms with Gasteiger partial charge in [-0.3, -0.25) is 9.59 Å². The fraction of sp³-hybridized carbons (Fsp3) is 0.368. The molecule has 0 saturated carbocycles. The number of carbonyl (C=O) groups excluding carboxylic acids is 2. The minimum absolute atomic E-state index is 0.0216. The van der Waals surface area contributed by atoms with Crippen molar-refractivity contribution in [2.75, 3.05) is 13.1 Å². The summed E-state index contributed by atoms with van der Waals surface area (Å²) in [6, 6.07) is 9.32. The van der Waals surface area contributed by atoms with Crippen molar-refractivity contribution in [1.29, 1.82) is 0 Å². The second-order valence-electron chi connectivity index (χ2n) is 6.55. The average Bonchev–Trinajstić information content (AvgIpc) is 2.99. The van der Waals surface area contributed by atoms with Crippen LogP contribution in [-0.2, 0) is 4.79 Å². The largest absolute Gasteiger partial charge is 0.460 e. The van der Waals surface area contributed by atoms with Gasteiger partial charge in [0, 0.05) is 43.9 Å². The monoisotopic (exact) mass is 352 g/mol. The Kier molecular flexibility index (Phi) is 4.51. The van der Waals surface area contributed by atoms with Crippen LogP contribution in [0.25, 0.3) is 0 Å². The molecule has 1 fully saturated rings. The van der Waals surface area contributed by atoms with Gasteiger partial charge in [-0.05, 0) is 17.7 Å². The van der Waals surface area contributed by atoms with Gasteiger partial charge in [0.1, 0.15) is 6.10 Å². The Morgan fingerprint density at radius 2 is 1.88 bits per heavy atom. The maximum absolute atomic E-state index is 12.6. The van der Waals surface area contributed by atoms with E-state index < -0.39 is 0 Å². The molecule has 4 rings (SSSR count). The van der Waals surface area contributed by atoms with E-state index in [0.717, 1.165) is 18.4 Å². The number of nitrogens with zero attached hydrogens (tertiary/aromatic N) is 3. The van der Waals surface area contributed by atoms with Crippen molar-refractivity contribution in [3.8, 4) is 6.01 Å². The molecule has 0 radical (unpaired) electrons. The molecule has 134 valence electrons. The topological polar surface area (TPSA) is 84.4 Å². The van der Waals surface area contributed by atoms with Crippen LogP contribution in [0.15, 0.2) is 42.7 Å². The summed E-state index contributed by atoms with van der Waals surface area (Å²) in [6.07, 6.45) is 5.10. The molecule has 2 aliphatic heterocycles. The second-order valence-corrected chi connectivity index (χ2v) is 6.55. The third-order valence-corrected chi connectivity index (χ3v) is 4.87. The number of nitrogens with one attached hydrogen (secondary N) is 1. The summed E-state index contributed by atoms with van der Waals surface area (Å²) in [4.78, 5) is 34.6. The highest BCUT2D eigenvalue weighted by molar-refractivity contribution is 5.99. The summed E-state index contributed by atoms with van der Waals surface area (Å²) in [6.45, 7) is 1.28. The maximum atomic E-state index is 12.6.